The number of halogens is 1. The third-order valence-electron chi connectivity index (χ3n) is 4.47. The first-order chi connectivity index (χ1) is 14.8. The molecule has 0 bridgehead atoms. The molecule has 0 saturated carbocycles. The summed E-state index contributed by atoms with van der Waals surface area (Å²) in [7, 11) is 0. The molecule has 2 N–H and O–H groups in total. The number of carbonyl (C=O) groups excluding carboxylic acids is 1. The van der Waals surface area contributed by atoms with Crippen LogP contribution in [0, 0.1) is 6.92 Å². The Morgan fingerprint density at radius 1 is 1.16 bits per heavy atom. The monoisotopic (exact) mass is 485 g/mol. The van der Waals surface area contributed by atoms with E-state index in [4.69, 9.17) is 9.25 Å². The number of phenolic OH excluding ortho intramolecular Hbond substituents is 1. The molecule has 0 saturated heterocycles. The van der Waals surface area contributed by atoms with Crippen molar-refractivity contribution in [1.82, 2.24) is 5.43 Å². The smallest absolute Gasteiger partial charge is 0.336 e. The molecule has 0 aliphatic rings. The highest BCUT2D eigenvalue weighted by Gasteiger charge is 2.15. The van der Waals surface area contributed by atoms with Crippen LogP contribution in [0.3, 0.4) is 0 Å². The molecule has 3 aromatic rings. The Bertz CT molecular complexity index is 1250. The van der Waals surface area contributed by atoms with Crippen LogP contribution in [-0.4, -0.2) is 29.0 Å². The lowest BCUT2D eigenvalue weighted by atomic mass is 10.0. The normalized spacial score (nSPS) is 12.1. The van der Waals surface area contributed by atoms with Crippen molar-refractivity contribution in [1.29, 1.82) is 0 Å². The number of phenols is 1. The summed E-state index contributed by atoms with van der Waals surface area (Å²) >= 11 is 3.36. The number of fused-ring (bicyclic) bond motifs is 1. The maximum absolute atomic E-state index is 12.0. The first-order valence-corrected chi connectivity index (χ1v) is 10.1. The molecule has 0 aliphatic heterocycles. The molecule has 31 heavy (non-hydrogen) atoms. The fourth-order valence-corrected chi connectivity index (χ4v) is 3.15. The molecule has 1 amide bonds. The molecule has 1 aromatic heterocycles. The number of amides is 1. The molecule has 160 valence electrons. The van der Waals surface area contributed by atoms with Crippen molar-refractivity contribution in [2.24, 2.45) is 10.3 Å². The van der Waals surface area contributed by atoms with E-state index in [1.165, 1.54) is 12.1 Å². The van der Waals surface area contributed by atoms with Crippen LogP contribution in [0.2, 0.25) is 0 Å². The van der Waals surface area contributed by atoms with Crippen molar-refractivity contribution < 1.29 is 19.2 Å². The molecule has 1 heterocycles. The molecule has 9 heteroatoms. The van der Waals surface area contributed by atoms with E-state index in [0.29, 0.717) is 16.7 Å². The van der Waals surface area contributed by atoms with E-state index in [9.17, 15) is 14.7 Å². The number of hydrogen-bond acceptors (Lipinski definition) is 7. The Kier molecular flexibility index (Phi) is 6.86. The fraction of sp³-hybridized carbons (Fsp3) is 0.182. The van der Waals surface area contributed by atoms with Gasteiger partial charge in [-0.15, -0.1) is 0 Å². The summed E-state index contributed by atoms with van der Waals surface area (Å²) in [4.78, 5) is 28.9. The van der Waals surface area contributed by atoms with Gasteiger partial charge in [0, 0.05) is 15.9 Å². The molecule has 0 spiro atoms. The zero-order chi connectivity index (χ0) is 22.5. The van der Waals surface area contributed by atoms with E-state index in [1.807, 2.05) is 24.3 Å². The van der Waals surface area contributed by atoms with Gasteiger partial charge < -0.3 is 14.4 Å². The molecule has 0 aliphatic carbocycles. The van der Waals surface area contributed by atoms with Gasteiger partial charge in [0.05, 0.1) is 17.0 Å². The second-order valence-corrected chi connectivity index (χ2v) is 7.69. The first-order valence-electron chi connectivity index (χ1n) is 9.28. The van der Waals surface area contributed by atoms with Gasteiger partial charge in [-0.25, -0.2) is 10.2 Å². The fourth-order valence-electron chi connectivity index (χ4n) is 2.89. The lowest BCUT2D eigenvalue weighted by molar-refractivity contribution is -0.125. The van der Waals surface area contributed by atoms with Crippen LogP contribution in [0.5, 0.6) is 5.75 Å². The van der Waals surface area contributed by atoms with E-state index in [2.05, 4.69) is 31.6 Å². The Morgan fingerprint density at radius 2 is 1.87 bits per heavy atom. The average Bonchev–Trinajstić information content (AvgIpc) is 2.72. The van der Waals surface area contributed by atoms with Crippen molar-refractivity contribution in [2.45, 2.75) is 20.8 Å². The summed E-state index contributed by atoms with van der Waals surface area (Å²) in [5, 5.41) is 18.8. The van der Waals surface area contributed by atoms with Crippen LogP contribution < -0.4 is 11.1 Å². The Hall–Kier alpha value is -3.46. The number of hydrogen-bond donors (Lipinski definition) is 2. The largest absolute Gasteiger partial charge is 0.507 e. The van der Waals surface area contributed by atoms with Crippen molar-refractivity contribution in [2.75, 3.05) is 6.61 Å². The molecule has 0 unspecified atom stereocenters. The zero-order valence-electron chi connectivity index (χ0n) is 17.1. The predicted octanol–water partition coefficient (Wildman–Crippen LogP) is 3.85. The number of carbonyl (C=O) groups is 1. The minimum absolute atomic E-state index is 0.122. The highest BCUT2D eigenvalue weighted by molar-refractivity contribution is 9.10. The zero-order valence-corrected chi connectivity index (χ0v) is 18.7. The number of nitrogens with one attached hydrogen (secondary N) is 1. The van der Waals surface area contributed by atoms with E-state index < -0.39 is 11.5 Å². The van der Waals surface area contributed by atoms with Gasteiger partial charge in [-0.1, -0.05) is 33.2 Å². The quantitative estimate of drug-likeness (QED) is 0.312. The third kappa shape index (κ3) is 5.37. The summed E-state index contributed by atoms with van der Waals surface area (Å²) in [5.41, 5.74) is 4.67. The molecule has 8 nitrogen and oxygen atoms in total. The maximum Gasteiger partial charge on any atom is 0.336 e. The number of aryl methyl sites for hydroxylation is 1. The van der Waals surface area contributed by atoms with Gasteiger partial charge in [0.2, 0.25) is 0 Å². The number of oxime groups is 1. The van der Waals surface area contributed by atoms with Gasteiger partial charge in [0.1, 0.15) is 5.75 Å². The highest BCUT2D eigenvalue weighted by Crippen LogP contribution is 2.28. The number of nitrogens with zero attached hydrogens (tertiary/aromatic N) is 2. The van der Waals surface area contributed by atoms with Crippen molar-refractivity contribution in [3.05, 3.63) is 74.0 Å². The van der Waals surface area contributed by atoms with E-state index in [-0.39, 0.29) is 29.2 Å². The predicted molar refractivity (Wildman–Crippen MR) is 122 cm³/mol. The minimum Gasteiger partial charge on any atom is -0.507 e. The standard InChI is InChI=1S/C22H20BrN3O5/c1-12-10-20(29)31-22-17(12)8-9-18(27)21(22)14(3)24-25-19(28)11-30-26-13(2)15-4-6-16(23)7-5-15/h4-10,27H,11H2,1-3H3,(H,25,28)/b24-14+,26-13-. The average molecular weight is 486 g/mol. The molecular weight excluding hydrogens is 466 g/mol. The molecule has 0 atom stereocenters. The van der Waals surface area contributed by atoms with Crippen LogP contribution in [0.25, 0.3) is 11.0 Å². The maximum atomic E-state index is 12.0. The molecule has 0 fully saturated rings. The molecule has 3 rings (SSSR count). The number of rotatable bonds is 6. The lowest BCUT2D eigenvalue weighted by Gasteiger charge is -2.09. The van der Waals surface area contributed by atoms with Crippen LogP contribution in [0.1, 0.15) is 30.5 Å². The minimum atomic E-state index is -0.541. The van der Waals surface area contributed by atoms with Gasteiger partial charge in [-0.2, -0.15) is 5.10 Å². The van der Waals surface area contributed by atoms with Crippen LogP contribution >= 0.6 is 15.9 Å². The second-order valence-electron chi connectivity index (χ2n) is 6.77. The van der Waals surface area contributed by atoms with Crippen LogP contribution in [-0.2, 0) is 9.63 Å². The summed E-state index contributed by atoms with van der Waals surface area (Å²) in [6.45, 7) is 4.76. The summed E-state index contributed by atoms with van der Waals surface area (Å²) in [5.74, 6) is -0.660. The summed E-state index contributed by atoms with van der Waals surface area (Å²) in [6, 6.07) is 12.0. The van der Waals surface area contributed by atoms with Crippen LogP contribution in [0.15, 0.2) is 66.4 Å². The lowest BCUT2D eigenvalue weighted by Crippen LogP contribution is -2.23. The molecule has 0 radical (unpaired) electrons. The number of aromatic hydroxyl groups is 1. The summed E-state index contributed by atoms with van der Waals surface area (Å²) in [6.07, 6.45) is 0. The first kappa shape index (κ1) is 22.2. The van der Waals surface area contributed by atoms with Gasteiger partial charge in [0.15, 0.2) is 12.2 Å². The SMILES string of the molecule is C/C(=N/OCC(=O)N/N=C(\C)c1c(O)ccc2c(C)cc(=O)oc12)c1ccc(Br)cc1. The van der Waals surface area contributed by atoms with Gasteiger partial charge >= 0.3 is 5.63 Å². The van der Waals surface area contributed by atoms with Crippen LogP contribution in [0.4, 0.5) is 0 Å². The summed E-state index contributed by atoms with van der Waals surface area (Å²) < 4.78 is 6.22. The third-order valence-corrected chi connectivity index (χ3v) is 5.00. The topological polar surface area (TPSA) is 113 Å². The van der Waals surface area contributed by atoms with Gasteiger partial charge in [0.25, 0.3) is 5.91 Å². The van der Waals surface area contributed by atoms with Crippen molar-refractivity contribution >= 4 is 44.2 Å². The van der Waals surface area contributed by atoms with Gasteiger partial charge in [-0.05, 0) is 56.2 Å². The second kappa shape index (κ2) is 9.57. The number of benzene rings is 2. The Balaban J connectivity index is 1.70. The Labute approximate surface area is 186 Å². The highest BCUT2D eigenvalue weighted by atomic mass is 79.9. The molecular formula is C22H20BrN3O5. The number of hydrazone groups is 1. The van der Waals surface area contributed by atoms with E-state index >= 15 is 0 Å². The van der Waals surface area contributed by atoms with E-state index in [0.717, 1.165) is 10.0 Å². The van der Waals surface area contributed by atoms with E-state index in [1.54, 1.807) is 26.8 Å². The Morgan fingerprint density at radius 3 is 2.58 bits per heavy atom. The van der Waals surface area contributed by atoms with Crippen molar-refractivity contribution in [3.8, 4) is 5.75 Å². The van der Waals surface area contributed by atoms with Gasteiger partial charge in [-0.3, -0.25) is 4.79 Å². The molecule has 2 aromatic carbocycles. The van der Waals surface area contributed by atoms with Crippen molar-refractivity contribution in [3.63, 3.8) is 0 Å².